The molecule has 5 rings (SSSR count). The molecular formula is C25H26N6O2. The van der Waals surface area contributed by atoms with Crippen molar-refractivity contribution >= 4 is 39.6 Å². The number of aromatic amines is 1. The third-order valence-corrected chi connectivity index (χ3v) is 6.09. The van der Waals surface area contributed by atoms with Gasteiger partial charge in [0.05, 0.1) is 11.1 Å². The molecule has 0 aliphatic carbocycles. The van der Waals surface area contributed by atoms with E-state index in [2.05, 4.69) is 30.9 Å². The number of nitrogens with zero attached hydrogens (tertiary/aromatic N) is 2. The van der Waals surface area contributed by atoms with Crippen LogP contribution in [0.2, 0.25) is 0 Å². The number of rotatable bonds is 6. The highest BCUT2D eigenvalue weighted by atomic mass is 16.2. The summed E-state index contributed by atoms with van der Waals surface area (Å²) in [7, 11) is 0. The molecule has 1 atom stereocenters. The summed E-state index contributed by atoms with van der Waals surface area (Å²) >= 11 is 0. The zero-order chi connectivity index (χ0) is 22.6. The Labute approximate surface area is 191 Å². The largest absolute Gasteiger partial charge is 0.352 e. The Bertz CT molecular complexity index is 1310. The number of nitrogens with one attached hydrogen (secondary N) is 4. The normalized spacial score (nSPS) is 16.1. The lowest BCUT2D eigenvalue weighted by molar-refractivity contribution is 0.0951. The number of fused-ring (bicyclic) bond motifs is 2. The van der Waals surface area contributed by atoms with Crippen LogP contribution < -0.4 is 16.0 Å². The first-order chi connectivity index (χ1) is 16.2. The van der Waals surface area contributed by atoms with Crippen LogP contribution in [0.3, 0.4) is 0 Å². The zero-order valence-electron chi connectivity index (χ0n) is 18.2. The van der Waals surface area contributed by atoms with Gasteiger partial charge in [0.2, 0.25) is 5.95 Å². The van der Waals surface area contributed by atoms with Gasteiger partial charge in [-0.1, -0.05) is 30.3 Å². The van der Waals surface area contributed by atoms with E-state index in [1.54, 1.807) is 24.4 Å². The number of H-pyrrole nitrogens is 1. The number of hydrogen-bond acceptors (Lipinski definition) is 5. The Balaban J connectivity index is 1.28. The number of hydrogen-bond donors (Lipinski definition) is 4. The smallest absolute Gasteiger partial charge is 0.276 e. The maximum atomic E-state index is 12.8. The summed E-state index contributed by atoms with van der Waals surface area (Å²) < 4.78 is 0. The summed E-state index contributed by atoms with van der Waals surface area (Å²) in [6, 6.07) is 14.9. The summed E-state index contributed by atoms with van der Waals surface area (Å²) in [5, 5.41) is 11.1. The summed E-state index contributed by atoms with van der Waals surface area (Å²) in [5.41, 5.74) is 1.98. The molecule has 0 saturated carbocycles. The van der Waals surface area contributed by atoms with Crippen LogP contribution in [0.1, 0.15) is 40.1 Å². The molecule has 0 radical (unpaired) electrons. The van der Waals surface area contributed by atoms with Crippen molar-refractivity contribution in [2.45, 2.75) is 19.3 Å². The maximum absolute atomic E-state index is 12.8. The van der Waals surface area contributed by atoms with Crippen LogP contribution in [0.25, 0.3) is 21.8 Å². The minimum Gasteiger partial charge on any atom is -0.352 e. The molecule has 1 saturated heterocycles. The molecule has 1 aliphatic heterocycles. The number of para-hydroxylation sites is 1. The van der Waals surface area contributed by atoms with E-state index in [1.807, 2.05) is 30.3 Å². The molecule has 4 N–H and O–H groups in total. The minimum absolute atomic E-state index is 0.162. The standard InChI is InChI=1S/C25H26N6O2/c32-23(27-12-10-16-5-4-11-26-14-16)19-8-3-9-20-22(19)30-25(29-20)31-24(33)21-13-17-6-1-2-7-18(17)15-28-21/h1-3,6-9,13,15-16,26H,4-5,10-12,14H2,(H,27,32)(H2,29,30,31,33). The van der Waals surface area contributed by atoms with Crippen LogP contribution in [-0.4, -0.2) is 46.4 Å². The Hall–Kier alpha value is -3.78. The highest BCUT2D eigenvalue weighted by Crippen LogP contribution is 2.20. The number of pyridine rings is 1. The van der Waals surface area contributed by atoms with Crippen molar-refractivity contribution in [3.8, 4) is 0 Å². The van der Waals surface area contributed by atoms with Crippen LogP contribution in [0, 0.1) is 5.92 Å². The van der Waals surface area contributed by atoms with Gasteiger partial charge in [0.1, 0.15) is 11.2 Å². The van der Waals surface area contributed by atoms with Crippen LogP contribution in [0.4, 0.5) is 5.95 Å². The van der Waals surface area contributed by atoms with Crippen molar-refractivity contribution < 1.29 is 9.59 Å². The molecule has 8 heteroatoms. The van der Waals surface area contributed by atoms with Gasteiger partial charge in [0.25, 0.3) is 11.8 Å². The van der Waals surface area contributed by atoms with E-state index in [4.69, 9.17) is 0 Å². The predicted octanol–water partition coefficient (Wildman–Crippen LogP) is 3.48. The van der Waals surface area contributed by atoms with Gasteiger partial charge in [-0.05, 0) is 61.9 Å². The first-order valence-electron chi connectivity index (χ1n) is 11.3. The molecule has 4 aromatic rings. The van der Waals surface area contributed by atoms with Gasteiger partial charge in [-0.2, -0.15) is 0 Å². The molecule has 0 spiro atoms. The number of anilines is 1. The zero-order valence-corrected chi connectivity index (χ0v) is 18.2. The van der Waals surface area contributed by atoms with E-state index in [-0.39, 0.29) is 17.8 Å². The van der Waals surface area contributed by atoms with Gasteiger partial charge in [0, 0.05) is 18.1 Å². The SMILES string of the molecule is O=C(Nc1nc2c(C(=O)NCCC3CCCNC3)cccc2[nH]1)c1cc2ccccc2cn1. The van der Waals surface area contributed by atoms with E-state index >= 15 is 0 Å². The van der Waals surface area contributed by atoms with Crippen LogP contribution in [0.5, 0.6) is 0 Å². The summed E-state index contributed by atoms with van der Waals surface area (Å²) in [6.07, 6.45) is 5.02. The number of amides is 2. The minimum atomic E-state index is -0.369. The third-order valence-electron chi connectivity index (χ3n) is 6.09. The van der Waals surface area contributed by atoms with Crippen LogP contribution in [-0.2, 0) is 0 Å². The lowest BCUT2D eigenvalue weighted by Gasteiger charge is -2.22. The van der Waals surface area contributed by atoms with Crippen LogP contribution >= 0.6 is 0 Å². The third kappa shape index (κ3) is 4.70. The quantitative estimate of drug-likeness (QED) is 0.365. The highest BCUT2D eigenvalue weighted by Gasteiger charge is 2.17. The second kappa shape index (κ2) is 9.38. The molecular weight excluding hydrogens is 416 g/mol. The van der Waals surface area contributed by atoms with Crippen molar-refractivity contribution in [2.75, 3.05) is 25.0 Å². The average Bonchev–Trinajstić information content (AvgIpc) is 3.26. The monoisotopic (exact) mass is 442 g/mol. The first kappa shape index (κ1) is 21.1. The molecule has 1 fully saturated rings. The van der Waals surface area contributed by atoms with Gasteiger partial charge in [-0.15, -0.1) is 0 Å². The molecule has 33 heavy (non-hydrogen) atoms. The Kier molecular flexibility index (Phi) is 5.99. The molecule has 2 aromatic heterocycles. The molecule has 1 unspecified atom stereocenters. The van der Waals surface area contributed by atoms with Crippen molar-refractivity contribution in [1.82, 2.24) is 25.6 Å². The van der Waals surface area contributed by atoms with E-state index in [1.165, 1.54) is 12.8 Å². The first-order valence-corrected chi connectivity index (χ1v) is 11.3. The lowest BCUT2D eigenvalue weighted by Crippen LogP contribution is -2.33. The van der Waals surface area contributed by atoms with Gasteiger partial charge in [-0.3, -0.25) is 19.9 Å². The topological polar surface area (TPSA) is 112 Å². The fraction of sp³-hybridized carbons (Fsp3) is 0.280. The average molecular weight is 443 g/mol. The number of benzene rings is 2. The fourth-order valence-corrected chi connectivity index (χ4v) is 4.31. The fourth-order valence-electron chi connectivity index (χ4n) is 4.31. The summed E-state index contributed by atoms with van der Waals surface area (Å²) in [4.78, 5) is 37.3. The van der Waals surface area contributed by atoms with Crippen molar-refractivity contribution in [2.24, 2.45) is 5.92 Å². The number of carbonyl (C=O) groups excluding carboxylic acids is 2. The lowest BCUT2D eigenvalue weighted by atomic mass is 9.96. The van der Waals surface area contributed by atoms with Crippen LogP contribution in [0.15, 0.2) is 54.7 Å². The van der Waals surface area contributed by atoms with E-state index < -0.39 is 0 Å². The predicted molar refractivity (Wildman–Crippen MR) is 128 cm³/mol. The molecule has 2 aromatic carbocycles. The second-order valence-electron chi connectivity index (χ2n) is 8.41. The Morgan fingerprint density at radius 3 is 2.79 bits per heavy atom. The van der Waals surface area contributed by atoms with Gasteiger partial charge < -0.3 is 15.6 Å². The van der Waals surface area contributed by atoms with E-state index in [0.29, 0.717) is 34.8 Å². The van der Waals surface area contributed by atoms with Gasteiger partial charge >= 0.3 is 0 Å². The molecule has 1 aliphatic rings. The maximum Gasteiger partial charge on any atom is 0.276 e. The number of carbonyl (C=O) groups is 2. The highest BCUT2D eigenvalue weighted by molar-refractivity contribution is 6.07. The molecule has 168 valence electrons. The van der Waals surface area contributed by atoms with Crippen molar-refractivity contribution in [1.29, 1.82) is 0 Å². The van der Waals surface area contributed by atoms with Crippen molar-refractivity contribution in [3.63, 3.8) is 0 Å². The number of piperidine rings is 1. The van der Waals surface area contributed by atoms with Crippen molar-refractivity contribution in [3.05, 3.63) is 66.0 Å². The molecule has 0 bridgehead atoms. The molecule has 8 nitrogen and oxygen atoms in total. The molecule has 2 amide bonds. The Morgan fingerprint density at radius 1 is 1.06 bits per heavy atom. The molecule has 3 heterocycles. The van der Waals surface area contributed by atoms with Gasteiger partial charge in [-0.25, -0.2) is 4.98 Å². The number of aromatic nitrogens is 3. The van der Waals surface area contributed by atoms with E-state index in [9.17, 15) is 9.59 Å². The van der Waals surface area contributed by atoms with Gasteiger partial charge in [0.15, 0.2) is 0 Å². The summed E-state index contributed by atoms with van der Waals surface area (Å²) in [5.74, 6) is 0.348. The van der Waals surface area contributed by atoms with E-state index in [0.717, 1.165) is 30.3 Å². The Morgan fingerprint density at radius 2 is 1.94 bits per heavy atom. The number of imidazole rings is 1. The summed E-state index contributed by atoms with van der Waals surface area (Å²) in [6.45, 7) is 2.73. The second-order valence-corrected chi connectivity index (χ2v) is 8.41.